The van der Waals surface area contributed by atoms with Crippen molar-refractivity contribution in [3.05, 3.63) is 82.4 Å². The largest absolute Gasteiger partial charge is 0.508 e. The van der Waals surface area contributed by atoms with Crippen molar-refractivity contribution in [1.82, 2.24) is 9.80 Å². The quantitative estimate of drug-likeness (QED) is 0.290. The summed E-state index contributed by atoms with van der Waals surface area (Å²) in [5, 5.41) is 20.3. The molecule has 43 heavy (non-hydrogen) atoms. The lowest BCUT2D eigenvalue weighted by molar-refractivity contribution is -0.144. The minimum atomic E-state index is -0.394. The third-order valence-corrected chi connectivity index (χ3v) is 9.94. The van der Waals surface area contributed by atoms with Crippen LogP contribution in [0.5, 0.6) is 5.75 Å². The average Bonchev–Trinajstić information content (AvgIpc) is 3.54. The first-order valence-corrected chi connectivity index (χ1v) is 16.0. The van der Waals surface area contributed by atoms with Crippen molar-refractivity contribution in [3.63, 3.8) is 0 Å². The maximum atomic E-state index is 14.0. The maximum Gasteiger partial charge on any atom is 0.234 e. The van der Waals surface area contributed by atoms with Gasteiger partial charge >= 0.3 is 0 Å². The number of benzene rings is 2. The number of carbonyl (C=O) groups excluding carboxylic acids is 2. The van der Waals surface area contributed by atoms with Gasteiger partial charge in [-0.15, -0.1) is 0 Å². The van der Waals surface area contributed by atoms with E-state index < -0.39 is 5.92 Å². The number of rotatable bonds is 10. The number of imide groups is 1. The van der Waals surface area contributed by atoms with Crippen molar-refractivity contribution in [2.45, 2.75) is 70.6 Å². The number of phenols is 1. The second-order valence-electron chi connectivity index (χ2n) is 12.7. The molecule has 4 aliphatic rings. The van der Waals surface area contributed by atoms with Crippen LogP contribution in [0.3, 0.4) is 0 Å². The number of piperidine rings is 1. The Bertz CT molecular complexity index is 1380. The number of ether oxygens (including phenoxy) is 1. The number of nitrogens with zero attached hydrogens (tertiary/aromatic N) is 2. The van der Waals surface area contributed by atoms with E-state index in [1.165, 1.54) is 11.1 Å². The predicted molar refractivity (Wildman–Crippen MR) is 166 cm³/mol. The molecule has 2 aromatic rings. The van der Waals surface area contributed by atoms with Crippen LogP contribution in [0, 0.1) is 17.8 Å². The second kappa shape index (κ2) is 13.2. The van der Waals surface area contributed by atoms with E-state index in [2.05, 4.69) is 42.2 Å². The Morgan fingerprint density at radius 2 is 1.79 bits per heavy atom. The van der Waals surface area contributed by atoms with Crippen LogP contribution < -0.4 is 0 Å². The molecule has 6 rings (SSSR count). The Morgan fingerprint density at radius 3 is 2.51 bits per heavy atom. The lowest BCUT2D eigenvalue weighted by Gasteiger charge is -2.36. The van der Waals surface area contributed by atoms with Gasteiger partial charge in [-0.25, -0.2) is 0 Å². The fourth-order valence-electron chi connectivity index (χ4n) is 7.94. The molecule has 2 aromatic carbocycles. The SMILES string of the molecule is CCC/C(=C\c1cccc(O)c1)CC[C@H]1OC[C@H]2C1=C(CO)C[C@H]1C(=O)N(C3CCN(Cc4ccccc4)CC3)C(=O)[C@H]12. The molecule has 3 aliphatic heterocycles. The molecular formula is C36H44N2O5. The van der Waals surface area contributed by atoms with Crippen LogP contribution in [-0.4, -0.2) is 70.3 Å². The minimum Gasteiger partial charge on any atom is -0.508 e. The smallest absolute Gasteiger partial charge is 0.234 e. The molecule has 0 bridgehead atoms. The molecule has 2 N–H and O–H groups in total. The molecule has 0 aromatic heterocycles. The number of aliphatic hydroxyl groups excluding tert-OH is 1. The molecule has 4 atom stereocenters. The lowest BCUT2D eigenvalue weighted by atomic mass is 9.69. The molecule has 3 fully saturated rings. The van der Waals surface area contributed by atoms with Crippen molar-refractivity contribution in [2.24, 2.45) is 17.8 Å². The zero-order valence-electron chi connectivity index (χ0n) is 25.2. The first-order chi connectivity index (χ1) is 21.0. The zero-order chi connectivity index (χ0) is 29.9. The van der Waals surface area contributed by atoms with E-state index in [4.69, 9.17) is 4.74 Å². The van der Waals surface area contributed by atoms with Gasteiger partial charge in [0, 0.05) is 31.6 Å². The van der Waals surface area contributed by atoms with E-state index in [9.17, 15) is 19.8 Å². The first-order valence-electron chi connectivity index (χ1n) is 16.0. The average molecular weight is 585 g/mol. The minimum absolute atomic E-state index is 0.0318. The standard InChI is InChI=1S/C36H44N2O5/c1-2-7-24(18-26-10-6-11-29(40)19-26)12-13-32-33-27(22-39)20-30-34(31(33)23-43-32)36(42)38(35(30)41)28-14-16-37(17-15-28)21-25-8-4-3-5-9-25/h3-6,8-11,18-19,28,30-32,34,39-40H,2,7,12-17,20-23H2,1H3/b24-18+/t30-,31+,32-,34-/m1/s1. The first kappa shape index (κ1) is 29.8. The molecule has 0 unspecified atom stereocenters. The number of hydrogen-bond donors (Lipinski definition) is 2. The number of allylic oxidation sites excluding steroid dienone is 1. The van der Waals surface area contributed by atoms with Crippen molar-refractivity contribution in [1.29, 1.82) is 0 Å². The normalized spacial score (nSPS) is 26.7. The molecular weight excluding hydrogens is 540 g/mol. The van der Waals surface area contributed by atoms with Crippen molar-refractivity contribution in [3.8, 4) is 5.75 Å². The summed E-state index contributed by atoms with van der Waals surface area (Å²) in [6, 6.07) is 17.7. The highest BCUT2D eigenvalue weighted by Gasteiger charge is 2.58. The van der Waals surface area contributed by atoms with Crippen LogP contribution >= 0.6 is 0 Å². The number of fused-ring (bicyclic) bond motifs is 3. The van der Waals surface area contributed by atoms with Gasteiger partial charge in [0.15, 0.2) is 0 Å². The van der Waals surface area contributed by atoms with E-state index in [-0.39, 0.29) is 48.2 Å². The monoisotopic (exact) mass is 584 g/mol. The lowest BCUT2D eigenvalue weighted by Crippen LogP contribution is -2.47. The number of amides is 2. The summed E-state index contributed by atoms with van der Waals surface area (Å²) in [4.78, 5) is 31.7. The summed E-state index contributed by atoms with van der Waals surface area (Å²) in [6.45, 7) is 5.09. The summed E-state index contributed by atoms with van der Waals surface area (Å²) in [5.41, 5.74) is 5.51. The fourth-order valence-corrected chi connectivity index (χ4v) is 7.94. The number of carbonyl (C=O) groups is 2. The van der Waals surface area contributed by atoms with Gasteiger partial charge in [0.25, 0.3) is 0 Å². The molecule has 0 spiro atoms. The summed E-state index contributed by atoms with van der Waals surface area (Å²) >= 11 is 0. The molecule has 0 saturated carbocycles. The topological polar surface area (TPSA) is 90.3 Å². The highest BCUT2D eigenvalue weighted by Crippen LogP contribution is 2.50. The van der Waals surface area contributed by atoms with E-state index in [1.807, 2.05) is 18.2 Å². The second-order valence-corrected chi connectivity index (χ2v) is 12.7. The van der Waals surface area contributed by atoms with Gasteiger partial charge < -0.3 is 14.9 Å². The van der Waals surface area contributed by atoms with Crippen molar-refractivity contribution >= 4 is 17.9 Å². The van der Waals surface area contributed by atoms with Crippen molar-refractivity contribution in [2.75, 3.05) is 26.3 Å². The number of hydrogen-bond acceptors (Lipinski definition) is 6. The Hall–Kier alpha value is -3.26. The molecule has 1 aliphatic carbocycles. The summed E-state index contributed by atoms with van der Waals surface area (Å²) in [6.07, 6.45) is 7.60. The number of aliphatic hydroxyl groups is 1. The zero-order valence-corrected chi connectivity index (χ0v) is 25.2. The molecule has 7 heteroatoms. The van der Waals surface area contributed by atoms with Gasteiger partial charge in [0.05, 0.1) is 31.2 Å². The van der Waals surface area contributed by atoms with Crippen LogP contribution in [0.25, 0.3) is 6.08 Å². The van der Waals surface area contributed by atoms with E-state index in [0.717, 1.165) is 74.9 Å². The summed E-state index contributed by atoms with van der Waals surface area (Å²) < 4.78 is 6.35. The molecule has 3 heterocycles. The van der Waals surface area contributed by atoms with E-state index >= 15 is 0 Å². The third-order valence-electron chi connectivity index (χ3n) is 9.94. The van der Waals surface area contributed by atoms with Crippen LogP contribution in [0.2, 0.25) is 0 Å². The van der Waals surface area contributed by atoms with E-state index in [1.54, 1.807) is 17.0 Å². The maximum absolute atomic E-state index is 14.0. The summed E-state index contributed by atoms with van der Waals surface area (Å²) in [5.74, 6) is -0.753. The number of likely N-dealkylation sites (tertiary alicyclic amines) is 2. The molecule has 7 nitrogen and oxygen atoms in total. The fraction of sp³-hybridized carbons (Fsp3) is 0.500. The van der Waals surface area contributed by atoms with Gasteiger partial charge in [-0.2, -0.15) is 0 Å². The van der Waals surface area contributed by atoms with Gasteiger partial charge in [-0.1, -0.05) is 67.5 Å². The Balaban J connectivity index is 1.13. The molecule has 3 saturated heterocycles. The van der Waals surface area contributed by atoms with Gasteiger partial charge in [0.1, 0.15) is 5.75 Å². The van der Waals surface area contributed by atoms with Crippen LogP contribution in [0.1, 0.15) is 63.0 Å². The van der Waals surface area contributed by atoms with Crippen LogP contribution in [0.15, 0.2) is 71.3 Å². The highest BCUT2D eigenvalue weighted by molar-refractivity contribution is 6.06. The Morgan fingerprint density at radius 1 is 1.00 bits per heavy atom. The van der Waals surface area contributed by atoms with Gasteiger partial charge in [-0.05, 0) is 72.9 Å². The number of aromatic hydroxyl groups is 1. The van der Waals surface area contributed by atoms with Gasteiger partial charge in [-0.3, -0.25) is 19.4 Å². The Labute approximate surface area is 254 Å². The van der Waals surface area contributed by atoms with Crippen LogP contribution in [0.4, 0.5) is 0 Å². The van der Waals surface area contributed by atoms with Crippen LogP contribution in [-0.2, 0) is 20.9 Å². The van der Waals surface area contributed by atoms with Gasteiger partial charge in [0.2, 0.25) is 11.8 Å². The third kappa shape index (κ3) is 6.21. The molecule has 2 amide bonds. The van der Waals surface area contributed by atoms with E-state index in [0.29, 0.717) is 13.0 Å². The predicted octanol–water partition coefficient (Wildman–Crippen LogP) is 5.33. The summed E-state index contributed by atoms with van der Waals surface area (Å²) in [7, 11) is 0. The molecule has 0 radical (unpaired) electrons. The Kier molecular flexibility index (Phi) is 9.12. The highest BCUT2D eigenvalue weighted by atomic mass is 16.5. The van der Waals surface area contributed by atoms with Crippen molar-refractivity contribution < 1.29 is 24.5 Å². The molecule has 228 valence electrons. The number of phenolic OH excluding ortho intramolecular Hbond substituents is 1.